The van der Waals surface area contributed by atoms with Gasteiger partial charge in [0.25, 0.3) is 0 Å². The molecule has 16 heteroatoms. The quantitative estimate of drug-likeness (QED) is 0.179. The lowest BCUT2D eigenvalue weighted by Crippen LogP contribution is -2.53. The Labute approximate surface area is 226 Å². The summed E-state index contributed by atoms with van der Waals surface area (Å²) in [6.45, 7) is 1.84. The third-order valence-electron chi connectivity index (χ3n) is 6.37. The molecule has 0 spiro atoms. The predicted molar refractivity (Wildman–Crippen MR) is 127 cm³/mol. The zero-order chi connectivity index (χ0) is 30.8. The molecule has 2 atom stereocenters. The van der Waals surface area contributed by atoms with Crippen LogP contribution in [0.5, 0.6) is 0 Å². The molecule has 0 radical (unpaired) electrons. The minimum atomic E-state index is -5.21. The number of anilines is 2. The van der Waals surface area contributed by atoms with Crippen LogP contribution >= 0.6 is 0 Å². The fraction of sp³-hybridized carbons (Fsp3) is 0.480. The van der Waals surface area contributed by atoms with Gasteiger partial charge in [0.15, 0.2) is 0 Å². The van der Waals surface area contributed by atoms with Gasteiger partial charge in [0.1, 0.15) is 0 Å². The molecule has 2 N–H and O–H groups in total. The van der Waals surface area contributed by atoms with Gasteiger partial charge in [-0.2, -0.15) is 57.8 Å². The topological polar surface area (TPSA) is 39.7 Å². The number of hydrazone groups is 1. The Kier molecular flexibility index (Phi) is 9.45. The van der Waals surface area contributed by atoms with Crippen molar-refractivity contribution in [1.29, 1.82) is 0 Å². The molecule has 1 aliphatic rings. The average molecular weight is 608 g/mol. The van der Waals surface area contributed by atoms with Gasteiger partial charge in [-0.1, -0.05) is 26.2 Å². The largest absolute Gasteiger partial charge is 0.418 e. The molecule has 0 bridgehead atoms. The van der Waals surface area contributed by atoms with Crippen LogP contribution in [0.1, 0.15) is 61.3 Å². The van der Waals surface area contributed by atoms with E-state index in [4.69, 9.17) is 0 Å². The van der Waals surface area contributed by atoms with Crippen LogP contribution in [-0.4, -0.2) is 18.3 Å². The lowest BCUT2D eigenvalue weighted by atomic mass is 9.96. The first-order valence-electron chi connectivity index (χ1n) is 12.2. The highest BCUT2D eigenvalue weighted by Gasteiger charge is 2.42. The minimum Gasteiger partial charge on any atom is -0.321 e. The lowest BCUT2D eigenvalue weighted by Gasteiger charge is -2.39. The first kappa shape index (κ1) is 32.3. The van der Waals surface area contributed by atoms with Crippen molar-refractivity contribution in [1.82, 2.24) is 5.43 Å². The van der Waals surface area contributed by atoms with E-state index in [0.29, 0.717) is 43.5 Å². The third kappa shape index (κ3) is 7.98. The summed E-state index contributed by atoms with van der Waals surface area (Å²) in [4.78, 5) is 0. The van der Waals surface area contributed by atoms with E-state index in [2.05, 4.69) is 16.0 Å². The molecule has 1 heterocycles. The molecule has 0 aromatic heterocycles. The first-order chi connectivity index (χ1) is 18.8. The van der Waals surface area contributed by atoms with Gasteiger partial charge in [-0.15, -0.1) is 0 Å². The molecule has 41 heavy (non-hydrogen) atoms. The van der Waals surface area contributed by atoms with E-state index < -0.39 is 70.4 Å². The van der Waals surface area contributed by atoms with Gasteiger partial charge in [-0.3, -0.25) is 5.01 Å². The number of hydrogen-bond donors (Lipinski definition) is 2. The Morgan fingerprint density at radius 2 is 1.32 bits per heavy atom. The maximum Gasteiger partial charge on any atom is 0.418 e. The van der Waals surface area contributed by atoms with Gasteiger partial charge in [0, 0.05) is 12.6 Å². The Morgan fingerprint density at radius 3 is 1.85 bits per heavy atom. The number of alkyl halides is 12. The summed E-state index contributed by atoms with van der Waals surface area (Å²) in [6, 6.07) is 0.0498. The molecule has 0 saturated carbocycles. The molecule has 2 unspecified atom stereocenters. The normalized spacial score (nSPS) is 18.6. The van der Waals surface area contributed by atoms with E-state index in [-0.39, 0.29) is 25.0 Å². The first-order valence-corrected chi connectivity index (χ1v) is 12.2. The lowest BCUT2D eigenvalue weighted by molar-refractivity contribution is -0.144. The molecule has 2 aromatic rings. The fourth-order valence-electron chi connectivity index (χ4n) is 4.36. The van der Waals surface area contributed by atoms with Gasteiger partial charge in [-0.25, -0.2) is 5.43 Å². The number of nitrogens with one attached hydrogen (secondary N) is 2. The maximum atomic E-state index is 13.9. The van der Waals surface area contributed by atoms with E-state index in [0.717, 1.165) is 11.2 Å². The van der Waals surface area contributed by atoms with Gasteiger partial charge in [0.05, 0.1) is 45.7 Å². The Morgan fingerprint density at radius 1 is 0.756 bits per heavy atom. The summed E-state index contributed by atoms with van der Waals surface area (Å²) in [7, 11) is 0. The van der Waals surface area contributed by atoms with Gasteiger partial charge >= 0.3 is 24.7 Å². The summed E-state index contributed by atoms with van der Waals surface area (Å²) in [5.41, 5.74) is -2.98. The second-order valence-corrected chi connectivity index (χ2v) is 9.30. The minimum absolute atomic E-state index is 0.0235. The zero-order valence-electron chi connectivity index (χ0n) is 21.2. The Bertz CT molecular complexity index is 1220. The highest BCUT2D eigenvalue weighted by atomic mass is 19.4. The monoisotopic (exact) mass is 608 g/mol. The van der Waals surface area contributed by atoms with Crippen molar-refractivity contribution in [3.63, 3.8) is 0 Å². The number of nitrogens with zero attached hydrogens (tertiary/aromatic N) is 2. The van der Waals surface area contributed by atoms with Crippen molar-refractivity contribution >= 4 is 17.6 Å². The highest BCUT2D eigenvalue weighted by molar-refractivity contribution is 5.67. The molecular formula is C25H24F12N4. The van der Waals surface area contributed by atoms with Crippen molar-refractivity contribution in [3.8, 4) is 0 Å². The van der Waals surface area contributed by atoms with Crippen LogP contribution < -0.4 is 15.9 Å². The van der Waals surface area contributed by atoms with E-state index in [1.165, 1.54) is 0 Å². The summed E-state index contributed by atoms with van der Waals surface area (Å²) in [6.07, 6.45) is -17.5. The molecule has 0 aliphatic carbocycles. The summed E-state index contributed by atoms with van der Waals surface area (Å²) in [5.74, 6) is 0. The highest BCUT2D eigenvalue weighted by Crippen LogP contribution is 2.43. The molecule has 0 saturated heterocycles. The number of halogens is 12. The Balaban J connectivity index is 1.99. The summed E-state index contributed by atoms with van der Waals surface area (Å²) in [5, 5.41) is 4.85. The Hall–Kier alpha value is -3.17. The van der Waals surface area contributed by atoms with Crippen LogP contribution in [0.4, 0.5) is 64.1 Å². The van der Waals surface area contributed by atoms with Crippen molar-refractivity contribution in [3.05, 3.63) is 58.7 Å². The fourth-order valence-corrected chi connectivity index (χ4v) is 4.36. The second-order valence-electron chi connectivity index (χ2n) is 9.30. The predicted octanol–water partition coefficient (Wildman–Crippen LogP) is 8.89. The van der Waals surface area contributed by atoms with E-state index in [1.54, 1.807) is 0 Å². The number of hydrogen-bond acceptors (Lipinski definition) is 4. The van der Waals surface area contributed by atoms with Crippen molar-refractivity contribution in [2.45, 2.75) is 75.8 Å². The van der Waals surface area contributed by atoms with E-state index >= 15 is 0 Å². The number of rotatable bonds is 8. The number of benzene rings is 2. The molecule has 4 nitrogen and oxygen atoms in total. The van der Waals surface area contributed by atoms with E-state index in [9.17, 15) is 52.7 Å². The van der Waals surface area contributed by atoms with Gasteiger partial charge in [0.2, 0.25) is 0 Å². The molecular weight excluding hydrogens is 584 g/mol. The van der Waals surface area contributed by atoms with Crippen LogP contribution in [0.3, 0.4) is 0 Å². The van der Waals surface area contributed by atoms with Crippen molar-refractivity contribution in [2.75, 3.05) is 10.4 Å². The number of unbranched alkanes of at least 4 members (excludes halogenated alkanes) is 2. The second kappa shape index (κ2) is 12.0. The summed E-state index contributed by atoms with van der Waals surface area (Å²) < 4.78 is 161. The zero-order valence-corrected chi connectivity index (χ0v) is 21.2. The molecule has 228 valence electrons. The third-order valence-corrected chi connectivity index (χ3v) is 6.37. The van der Waals surface area contributed by atoms with E-state index in [1.807, 2.05) is 6.92 Å². The van der Waals surface area contributed by atoms with Crippen LogP contribution in [-0.2, 0) is 24.7 Å². The SMILES string of the molecule is CCCCCC1C(NNc2ccc(C(F)(F)F)cc2C(F)(F)F)CC=NN1c1ccc(C(F)(F)F)cc1C(F)(F)F. The summed E-state index contributed by atoms with van der Waals surface area (Å²) >= 11 is 0. The van der Waals surface area contributed by atoms with Gasteiger partial charge < -0.3 is 5.43 Å². The maximum absolute atomic E-state index is 13.9. The molecule has 3 rings (SSSR count). The van der Waals surface area contributed by atoms with Crippen LogP contribution in [0, 0.1) is 0 Å². The van der Waals surface area contributed by atoms with Crippen molar-refractivity contribution < 1.29 is 52.7 Å². The van der Waals surface area contributed by atoms with Crippen LogP contribution in [0.25, 0.3) is 0 Å². The molecule has 0 amide bonds. The molecule has 0 fully saturated rings. The van der Waals surface area contributed by atoms with Crippen molar-refractivity contribution in [2.24, 2.45) is 5.10 Å². The van der Waals surface area contributed by atoms with Crippen LogP contribution in [0.15, 0.2) is 41.5 Å². The molecule has 2 aromatic carbocycles. The standard InChI is InChI=1S/C25H24F12N4/c1-2-3-4-5-21-19(40-39-18-8-6-14(22(26,27)28)12-16(18)24(32,33)34)10-11-38-41(21)20-9-7-15(23(29,30)31)13-17(20)25(35,36)37/h6-9,11-13,19,21,39-40H,2-5,10H2,1H3. The smallest absolute Gasteiger partial charge is 0.321 e. The molecule has 1 aliphatic heterocycles. The van der Waals surface area contributed by atoms with Gasteiger partial charge in [-0.05, 0) is 42.8 Å². The van der Waals surface area contributed by atoms with Crippen LogP contribution in [0.2, 0.25) is 0 Å². The average Bonchev–Trinajstić information content (AvgIpc) is 2.85. The number of hydrazine groups is 1.